The lowest BCUT2D eigenvalue weighted by atomic mass is 9.87. The smallest absolute Gasteiger partial charge is 0.251 e. The Morgan fingerprint density at radius 3 is 2.28 bits per heavy atom. The predicted molar refractivity (Wildman–Crippen MR) is 112 cm³/mol. The summed E-state index contributed by atoms with van der Waals surface area (Å²) >= 11 is 0. The highest BCUT2D eigenvalue weighted by Gasteiger charge is 2.28. The van der Waals surface area contributed by atoms with Gasteiger partial charge in [0.25, 0.3) is 5.91 Å². The number of ether oxygens (including phenoxy) is 1. The highest BCUT2D eigenvalue weighted by atomic mass is 32.2. The molecule has 1 amide bonds. The normalized spacial score (nSPS) is 15.8. The predicted octanol–water partition coefficient (Wildman–Crippen LogP) is 2.94. The fraction of sp³-hybridized carbons (Fsp3) is 0.409. The Kier molecular flexibility index (Phi) is 6.41. The Balaban J connectivity index is 1.74. The minimum atomic E-state index is -3.63. The van der Waals surface area contributed by atoms with E-state index >= 15 is 0 Å². The lowest BCUT2D eigenvalue weighted by Crippen LogP contribution is -2.41. The van der Waals surface area contributed by atoms with E-state index in [0.717, 1.165) is 5.56 Å². The van der Waals surface area contributed by atoms with Crippen molar-refractivity contribution in [3.05, 3.63) is 65.2 Å². The van der Waals surface area contributed by atoms with Gasteiger partial charge in [0.1, 0.15) is 0 Å². The molecule has 1 aliphatic rings. The molecule has 1 aliphatic heterocycles. The molecule has 1 fully saturated rings. The Morgan fingerprint density at radius 2 is 1.66 bits per heavy atom. The van der Waals surface area contributed by atoms with Crippen LogP contribution in [-0.2, 0) is 26.7 Å². The van der Waals surface area contributed by atoms with E-state index in [9.17, 15) is 13.2 Å². The number of amides is 1. The number of carbonyl (C=O) groups excluding carboxylic acids is 1. The molecule has 0 radical (unpaired) electrons. The number of morpholine rings is 1. The summed E-state index contributed by atoms with van der Waals surface area (Å²) in [6.07, 6.45) is 0. The van der Waals surface area contributed by atoms with E-state index in [0.29, 0.717) is 37.4 Å². The summed E-state index contributed by atoms with van der Waals surface area (Å²) in [6, 6.07) is 14.3. The number of hydrogen-bond acceptors (Lipinski definition) is 4. The zero-order chi connectivity index (χ0) is 21.1. The molecule has 0 bridgehead atoms. The Morgan fingerprint density at radius 1 is 1.03 bits per heavy atom. The average Bonchev–Trinajstić information content (AvgIpc) is 2.72. The number of nitrogens with one attached hydrogen (secondary N) is 1. The van der Waals surface area contributed by atoms with Crippen molar-refractivity contribution in [3.8, 4) is 0 Å². The van der Waals surface area contributed by atoms with Crippen LogP contribution in [-0.4, -0.2) is 44.9 Å². The molecule has 0 spiro atoms. The largest absolute Gasteiger partial charge is 0.379 e. The number of nitrogens with zero attached hydrogens (tertiary/aromatic N) is 1. The summed E-state index contributed by atoms with van der Waals surface area (Å²) in [6.45, 7) is 7.95. The monoisotopic (exact) mass is 416 g/mol. The molecule has 0 unspecified atom stereocenters. The van der Waals surface area contributed by atoms with Crippen LogP contribution in [0.4, 0.5) is 0 Å². The molecule has 2 aromatic carbocycles. The van der Waals surface area contributed by atoms with E-state index in [1.165, 1.54) is 4.31 Å². The molecular weight excluding hydrogens is 388 g/mol. The maximum Gasteiger partial charge on any atom is 0.251 e. The van der Waals surface area contributed by atoms with Crippen molar-refractivity contribution in [2.24, 2.45) is 0 Å². The highest BCUT2D eigenvalue weighted by molar-refractivity contribution is 7.89. The first kappa shape index (κ1) is 21.5. The molecule has 6 nitrogen and oxygen atoms in total. The molecule has 0 aromatic heterocycles. The van der Waals surface area contributed by atoms with Crippen molar-refractivity contribution in [2.75, 3.05) is 26.3 Å². The van der Waals surface area contributed by atoms with Gasteiger partial charge in [0, 0.05) is 25.2 Å². The molecule has 2 aromatic rings. The minimum Gasteiger partial charge on any atom is -0.379 e. The van der Waals surface area contributed by atoms with Crippen LogP contribution in [0.25, 0.3) is 0 Å². The summed E-state index contributed by atoms with van der Waals surface area (Å²) in [5, 5.41) is 2.84. The molecule has 0 atom stereocenters. The summed E-state index contributed by atoms with van der Waals surface area (Å²) in [5.74, 6) is -0.232. The molecule has 29 heavy (non-hydrogen) atoms. The zero-order valence-corrected chi connectivity index (χ0v) is 18.0. The third-order valence-corrected chi connectivity index (χ3v) is 7.01. The first-order valence-electron chi connectivity index (χ1n) is 9.74. The van der Waals surface area contributed by atoms with Crippen LogP contribution in [0.5, 0.6) is 0 Å². The van der Waals surface area contributed by atoms with Gasteiger partial charge >= 0.3 is 0 Å². The number of hydrogen-bond donors (Lipinski definition) is 1. The van der Waals surface area contributed by atoms with E-state index < -0.39 is 10.0 Å². The Labute approximate surface area is 172 Å². The van der Waals surface area contributed by atoms with Gasteiger partial charge in [-0.05, 0) is 34.7 Å². The standard InChI is InChI=1S/C22H28N2O4S/c1-22(2,3)19-10-8-17(9-11-19)21(25)23-16-18-6-4-5-7-20(18)29(26,27)24-12-14-28-15-13-24/h4-11H,12-16H2,1-3H3,(H,23,25). The van der Waals surface area contributed by atoms with Gasteiger partial charge in [-0.1, -0.05) is 51.1 Å². The van der Waals surface area contributed by atoms with Gasteiger partial charge in [-0.2, -0.15) is 4.31 Å². The van der Waals surface area contributed by atoms with Gasteiger partial charge in [0.2, 0.25) is 10.0 Å². The van der Waals surface area contributed by atoms with Crippen LogP contribution < -0.4 is 5.32 Å². The number of rotatable bonds is 5. The Bertz CT molecular complexity index is 957. The summed E-state index contributed by atoms with van der Waals surface area (Å²) < 4.78 is 32.7. The van der Waals surface area contributed by atoms with Gasteiger partial charge < -0.3 is 10.1 Å². The second-order valence-corrected chi connectivity index (χ2v) is 10.0. The van der Waals surface area contributed by atoms with Crippen LogP contribution in [0.1, 0.15) is 42.3 Å². The number of benzene rings is 2. The van der Waals surface area contributed by atoms with Crippen molar-refractivity contribution < 1.29 is 17.9 Å². The van der Waals surface area contributed by atoms with Gasteiger partial charge in [-0.25, -0.2) is 8.42 Å². The second kappa shape index (κ2) is 8.65. The second-order valence-electron chi connectivity index (χ2n) is 8.13. The quantitative estimate of drug-likeness (QED) is 0.813. The lowest BCUT2D eigenvalue weighted by molar-refractivity contribution is 0.0730. The molecule has 0 saturated carbocycles. The highest BCUT2D eigenvalue weighted by Crippen LogP contribution is 2.23. The van der Waals surface area contributed by atoms with Crippen molar-refractivity contribution in [1.29, 1.82) is 0 Å². The molecule has 7 heteroatoms. The molecule has 1 saturated heterocycles. The topological polar surface area (TPSA) is 75.7 Å². The molecule has 1 N–H and O–H groups in total. The third-order valence-electron chi connectivity index (χ3n) is 5.01. The third kappa shape index (κ3) is 5.04. The summed E-state index contributed by atoms with van der Waals surface area (Å²) in [4.78, 5) is 12.8. The Hall–Kier alpha value is -2.22. The van der Waals surface area contributed by atoms with Crippen molar-refractivity contribution >= 4 is 15.9 Å². The zero-order valence-electron chi connectivity index (χ0n) is 17.1. The van der Waals surface area contributed by atoms with Gasteiger partial charge in [0.05, 0.1) is 18.1 Å². The van der Waals surface area contributed by atoms with E-state index in [2.05, 4.69) is 26.1 Å². The number of carbonyl (C=O) groups is 1. The maximum atomic E-state index is 13.0. The lowest BCUT2D eigenvalue weighted by Gasteiger charge is -2.27. The van der Waals surface area contributed by atoms with Gasteiger partial charge in [-0.15, -0.1) is 0 Å². The minimum absolute atomic E-state index is 0.0157. The average molecular weight is 417 g/mol. The first-order valence-corrected chi connectivity index (χ1v) is 11.2. The fourth-order valence-electron chi connectivity index (χ4n) is 3.23. The molecule has 0 aliphatic carbocycles. The van der Waals surface area contributed by atoms with E-state index in [-0.39, 0.29) is 22.8 Å². The van der Waals surface area contributed by atoms with E-state index in [1.54, 1.807) is 36.4 Å². The summed E-state index contributed by atoms with van der Waals surface area (Å²) in [5.41, 5.74) is 2.28. The SMILES string of the molecule is CC(C)(C)c1ccc(C(=O)NCc2ccccc2S(=O)(=O)N2CCOCC2)cc1. The van der Waals surface area contributed by atoms with Crippen molar-refractivity contribution in [2.45, 2.75) is 37.6 Å². The first-order chi connectivity index (χ1) is 13.7. The fourth-order valence-corrected chi connectivity index (χ4v) is 4.86. The molecule has 156 valence electrons. The molecular formula is C22H28N2O4S. The number of sulfonamides is 1. The van der Waals surface area contributed by atoms with E-state index in [4.69, 9.17) is 4.74 Å². The van der Waals surface area contributed by atoms with Crippen LogP contribution in [0.2, 0.25) is 0 Å². The van der Waals surface area contributed by atoms with Gasteiger partial charge in [0.15, 0.2) is 0 Å². The van der Waals surface area contributed by atoms with Crippen LogP contribution in [0, 0.1) is 0 Å². The van der Waals surface area contributed by atoms with Crippen molar-refractivity contribution in [1.82, 2.24) is 9.62 Å². The van der Waals surface area contributed by atoms with Crippen LogP contribution in [0.15, 0.2) is 53.4 Å². The molecule has 1 heterocycles. The summed E-state index contributed by atoms with van der Waals surface area (Å²) in [7, 11) is -3.63. The van der Waals surface area contributed by atoms with Crippen molar-refractivity contribution in [3.63, 3.8) is 0 Å². The van der Waals surface area contributed by atoms with E-state index in [1.807, 2.05) is 12.1 Å². The maximum absolute atomic E-state index is 13.0. The van der Waals surface area contributed by atoms with Gasteiger partial charge in [-0.3, -0.25) is 4.79 Å². The van der Waals surface area contributed by atoms with Crippen LogP contribution >= 0.6 is 0 Å². The molecule has 3 rings (SSSR count). The van der Waals surface area contributed by atoms with Crippen LogP contribution in [0.3, 0.4) is 0 Å².